The Kier molecular flexibility index (Phi) is 3.83. The van der Waals surface area contributed by atoms with Crippen LogP contribution in [0.3, 0.4) is 0 Å². The molecule has 3 aromatic rings. The number of nitrogens with zero attached hydrogens (tertiary/aromatic N) is 4. The summed E-state index contributed by atoms with van der Waals surface area (Å²) in [6.45, 7) is 2.92. The maximum absolute atomic E-state index is 4.58. The number of aromatic nitrogens is 4. The molecule has 0 bridgehead atoms. The highest BCUT2D eigenvalue weighted by Crippen LogP contribution is 2.39. The fourth-order valence-electron chi connectivity index (χ4n) is 2.53. The minimum absolute atomic E-state index is 0.166. The van der Waals surface area contributed by atoms with Gasteiger partial charge in [-0.05, 0) is 25.3 Å². The van der Waals surface area contributed by atoms with Gasteiger partial charge >= 0.3 is 0 Å². The van der Waals surface area contributed by atoms with Gasteiger partial charge in [-0.25, -0.2) is 4.98 Å². The van der Waals surface area contributed by atoms with Crippen LogP contribution in [0, 0.1) is 0 Å². The molecule has 0 saturated heterocycles. The van der Waals surface area contributed by atoms with Crippen molar-refractivity contribution in [1.82, 2.24) is 19.1 Å². The predicted octanol–water partition coefficient (Wildman–Crippen LogP) is 3.83. The van der Waals surface area contributed by atoms with E-state index in [4.69, 9.17) is 0 Å². The summed E-state index contributed by atoms with van der Waals surface area (Å²) >= 11 is 1.45. The SMILES string of the molecule is CC(Nc1nc(C2CC2)ns1)c1cnn(Cc2ccccc2)c1. The predicted molar refractivity (Wildman–Crippen MR) is 91.7 cm³/mol. The van der Waals surface area contributed by atoms with Crippen molar-refractivity contribution >= 4 is 16.7 Å². The van der Waals surface area contributed by atoms with Crippen LogP contribution in [-0.4, -0.2) is 19.1 Å². The lowest BCUT2D eigenvalue weighted by atomic mass is 10.2. The highest BCUT2D eigenvalue weighted by molar-refractivity contribution is 7.09. The molecule has 1 fully saturated rings. The molecule has 23 heavy (non-hydrogen) atoms. The number of nitrogens with one attached hydrogen (secondary N) is 1. The molecule has 0 radical (unpaired) electrons. The second-order valence-corrected chi connectivity index (χ2v) is 6.81. The molecule has 1 atom stereocenters. The van der Waals surface area contributed by atoms with Gasteiger partial charge in [0.15, 0.2) is 0 Å². The van der Waals surface area contributed by atoms with Crippen molar-refractivity contribution in [1.29, 1.82) is 0 Å². The summed E-state index contributed by atoms with van der Waals surface area (Å²) < 4.78 is 6.40. The first-order valence-corrected chi connectivity index (χ1v) is 8.72. The molecular formula is C17H19N5S. The van der Waals surface area contributed by atoms with Gasteiger partial charge in [0.05, 0.1) is 18.8 Å². The van der Waals surface area contributed by atoms with Gasteiger partial charge < -0.3 is 5.32 Å². The summed E-state index contributed by atoms with van der Waals surface area (Å²) in [5, 5.41) is 8.79. The number of hydrogen-bond acceptors (Lipinski definition) is 5. The Balaban J connectivity index is 1.40. The Hall–Kier alpha value is -2.21. The molecule has 1 aliphatic carbocycles. The highest BCUT2D eigenvalue weighted by Gasteiger charge is 2.28. The fraction of sp³-hybridized carbons (Fsp3) is 0.353. The lowest BCUT2D eigenvalue weighted by Crippen LogP contribution is -2.06. The molecule has 1 N–H and O–H groups in total. The van der Waals surface area contributed by atoms with Crippen molar-refractivity contribution in [2.24, 2.45) is 0 Å². The average molecular weight is 325 g/mol. The van der Waals surface area contributed by atoms with Gasteiger partial charge in [0.25, 0.3) is 0 Å². The molecule has 1 unspecified atom stereocenters. The van der Waals surface area contributed by atoms with Crippen molar-refractivity contribution in [2.45, 2.75) is 38.3 Å². The smallest absolute Gasteiger partial charge is 0.203 e. The summed E-state index contributed by atoms with van der Waals surface area (Å²) in [6, 6.07) is 10.5. The van der Waals surface area contributed by atoms with Crippen LogP contribution < -0.4 is 5.32 Å². The van der Waals surface area contributed by atoms with E-state index < -0.39 is 0 Å². The average Bonchev–Trinajstić information content (AvgIpc) is 3.13. The summed E-state index contributed by atoms with van der Waals surface area (Å²) in [7, 11) is 0. The monoisotopic (exact) mass is 325 g/mol. The molecule has 1 saturated carbocycles. The Bertz CT molecular complexity index is 775. The molecule has 0 amide bonds. The van der Waals surface area contributed by atoms with Crippen LogP contribution >= 0.6 is 11.5 Å². The zero-order chi connectivity index (χ0) is 15.6. The summed E-state index contributed by atoms with van der Waals surface area (Å²) in [4.78, 5) is 4.58. The molecule has 1 aliphatic rings. The number of anilines is 1. The number of hydrogen-bond donors (Lipinski definition) is 1. The maximum Gasteiger partial charge on any atom is 0.203 e. The fourth-order valence-corrected chi connectivity index (χ4v) is 3.26. The lowest BCUT2D eigenvalue weighted by molar-refractivity contribution is 0.685. The second kappa shape index (κ2) is 6.12. The molecular weight excluding hydrogens is 306 g/mol. The van der Waals surface area contributed by atoms with E-state index in [9.17, 15) is 0 Å². The van der Waals surface area contributed by atoms with Crippen molar-refractivity contribution in [3.63, 3.8) is 0 Å². The van der Waals surface area contributed by atoms with E-state index in [1.54, 1.807) is 0 Å². The van der Waals surface area contributed by atoms with Crippen molar-refractivity contribution < 1.29 is 0 Å². The summed E-state index contributed by atoms with van der Waals surface area (Å²) in [6.07, 6.45) is 6.48. The molecule has 5 nitrogen and oxygen atoms in total. The summed E-state index contributed by atoms with van der Waals surface area (Å²) in [5.74, 6) is 1.61. The quantitative estimate of drug-likeness (QED) is 0.748. The largest absolute Gasteiger partial charge is 0.354 e. The molecule has 1 aromatic carbocycles. The third kappa shape index (κ3) is 3.42. The first-order chi connectivity index (χ1) is 11.3. The first kappa shape index (κ1) is 14.4. The molecule has 118 valence electrons. The number of rotatable bonds is 6. The topological polar surface area (TPSA) is 55.6 Å². The van der Waals surface area contributed by atoms with Crippen LogP contribution in [0.15, 0.2) is 42.7 Å². The van der Waals surface area contributed by atoms with Crippen molar-refractivity contribution in [3.8, 4) is 0 Å². The Morgan fingerprint density at radius 1 is 1.30 bits per heavy atom. The Labute approximate surface area is 139 Å². The van der Waals surface area contributed by atoms with Crippen LogP contribution in [0.4, 0.5) is 5.13 Å². The minimum Gasteiger partial charge on any atom is -0.354 e. The third-order valence-electron chi connectivity index (χ3n) is 4.06. The number of benzene rings is 1. The Morgan fingerprint density at radius 3 is 2.91 bits per heavy atom. The third-order valence-corrected chi connectivity index (χ3v) is 4.73. The van der Waals surface area contributed by atoms with E-state index in [1.165, 1.54) is 29.9 Å². The molecule has 6 heteroatoms. The van der Waals surface area contributed by atoms with Gasteiger partial charge in [-0.3, -0.25) is 4.68 Å². The Morgan fingerprint density at radius 2 is 2.13 bits per heavy atom. The maximum atomic E-state index is 4.58. The van der Waals surface area contributed by atoms with E-state index in [0.717, 1.165) is 23.1 Å². The normalized spacial score (nSPS) is 15.5. The second-order valence-electron chi connectivity index (χ2n) is 6.05. The van der Waals surface area contributed by atoms with Gasteiger partial charge in [0, 0.05) is 29.2 Å². The van der Waals surface area contributed by atoms with Crippen LogP contribution in [-0.2, 0) is 6.54 Å². The van der Waals surface area contributed by atoms with E-state index in [-0.39, 0.29) is 6.04 Å². The first-order valence-electron chi connectivity index (χ1n) is 7.94. The van der Waals surface area contributed by atoms with Crippen molar-refractivity contribution in [3.05, 3.63) is 59.7 Å². The lowest BCUT2D eigenvalue weighted by Gasteiger charge is -2.09. The van der Waals surface area contributed by atoms with E-state index >= 15 is 0 Å². The zero-order valence-electron chi connectivity index (χ0n) is 13.0. The standard InChI is InChI=1S/C17H19N5S/c1-12(19-17-20-16(21-23-17)14-7-8-14)15-9-18-22(11-15)10-13-5-3-2-4-6-13/h2-6,9,11-12,14H,7-8,10H2,1H3,(H,19,20,21). The van der Waals surface area contributed by atoms with Crippen LogP contribution in [0.1, 0.15) is 48.7 Å². The molecule has 4 rings (SSSR count). The van der Waals surface area contributed by atoms with Gasteiger partial charge in [-0.1, -0.05) is 30.3 Å². The van der Waals surface area contributed by atoms with Crippen LogP contribution in [0.25, 0.3) is 0 Å². The van der Waals surface area contributed by atoms with Crippen molar-refractivity contribution in [2.75, 3.05) is 5.32 Å². The van der Waals surface area contributed by atoms with Gasteiger partial charge in [0.1, 0.15) is 5.82 Å². The van der Waals surface area contributed by atoms with E-state index in [0.29, 0.717) is 5.92 Å². The van der Waals surface area contributed by atoms with Crippen LogP contribution in [0.5, 0.6) is 0 Å². The molecule has 2 heterocycles. The molecule has 2 aromatic heterocycles. The van der Waals surface area contributed by atoms with Gasteiger partial charge in [-0.2, -0.15) is 9.47 Å². The molecule has 0 spiro atoms. The minimum atomic E-state index is 0.166. The highest BCUT2D eigenvalue weighted by atomic mass is 32.1. The van der Waals surface area contributed by atoms with Crippen LogP contribution in [0.2, 0.25) is 0 Å². The zero-order valence-corrected chi connectivity index (χ0v) is 13.8. The van der Waals surface area contributed by atoms with E-state index in [2.05, 4.69) is 57.2 Å². The molecule has 0 aliphatic heterocycles. The van der Waals surface area contributed by atoms with E-state index in [1.807, 2.05) is 16.9 Å². The van der Waals surface area contributed by atoms with Gasteiger partial charge in [-0.15, -0.1) is 0 Å². The summed E-state index contributed by atoms with van der Waals surface area (Å²) in [5.41, 5.74) is 2.41. The van der Waals surface area contributed by atoms with Gasteiger partial charge in [0.2, 0.25) is 5.13 Å².